The number of phosphoric acid groups is 1. The average Bonchev–Trinajstić information content (AvgIpc) is 2.08. The Morgan fingerprint density at radius 3 is 0.531 bits per heavy atom. The predicted molar refractivity (Wildman–Crippen MR) is 135 cm³/mol. The van der Waals surface area contributed by atoms with Crippen molar-refractivity contribution in [3.05, 3.63) is 0 Å². The molecular weight excluding hydrogens is 431 g/mol. The van der Waals surface area contributed by atoms with Gasteiger partial charge in [0.2, 0.25) is 0 Å². The quantitative estimate of drug-likeness (QED) is 0.282. The first-order valence-corrected chi connectivity index (χ1v) is 12.6. The number of rotatable bonds is 3. The van der Waals surface area contributed by atoms with Crippen LogP contribution in [0, 0.1) is 16.2 Å². The second-order valence-electron chi connectivity index (χ2n) is 14.2. The lowest BCUT2D eigenvalue weighted by Gasteiger charge is -2.27. The molecule has 0 heterocycles. The first-order chi connectivity index (χ1) is 13.1. The molecule has 0 aliphatic rings. The third-order valence-electron chi connectivity index (χ3n) is 2.89. The van der Waals surface area contributed by atoms with Gasteiger partial charge in [0.15, 0.2) is 0 Å². The number of hydrogen-bond donors (Lipinski definition) is 6. The van der Waals surface area contributed by atoms with Crippen molar-refractivity contribution in [2.75, 3.05) is 0 Å². The molecule has 0 aromatic heterocycles. The predicted octanol–water partition coefficient (Wildman–Crippen LogP) is 5.65. The number of aliphatic hydroxyl groups is 3. The molecule has 0 saturated heterocycles. The highest BCUT2D eigenvalue weighted by molar-refractivity contribution is 7.45. The van der Waals surface area contributed by atoms with Crippen LogP contribution < -0.4 is 0 Å². The Bertz CT molecular complexity index is 405. The van der Waals surface area contributed by atoms with Crippen molar-refractivity contribution < 1.29 is 34.6 Å². The molecule has 7 nitrogen and oxygen atoms in total. The molecule has 0 spiro atoms. The van der Waals surface area contributed by atoms with E-state index in [2.05, 4.69) is 62.3 Å². The molecular formula is C24H57O7P. The molecule has 0 aliphatic heterocycles. The van der Waals surface area contributed by atoms with Crippen LogP contribution in [-0.4, -0.2) is 46.8 Å². The van der Waals surface area contributed by atoms with E-state index in [9.17, 15) is 15.3 Å². The largest absolute Gasteiger partial charge is 0.466 e. The average molecular weight is 489 g/mol. The van der Waals surface area contributed by atoms with Crippen molar-refractivity contribution in [2.24, 2.45) is 16.2 Å². The Hall–Kier alpha value is -0.0100. The van der Waals surface area contributed by atoms with E-state index < -0.39 is 24.6 Å². The van der Waals surface area contributed by atoms with Gasteiger partial charge in [-0.2, -0.15) is 0 Å². The summed E-state index contributed by atoms with van der Waals surface area (Å²) >= 11 is 0. The second-order valence-corrected chi connectivity index (χ2v) is 15.2. The molecule has 0 bridgehead atoms. The SMILES string of the molecule is CC(C)(C)CC(C)(C)O.CC(C)(C)CC(C)(C)O.CC(C)(C)CC(C)(C)O.O=P(O)(O)O. The van der Waals surface area contributed by atoms with Crippen molar-refractivity contribution in [1.29, 1.82) is 0 Å². The Morgan fingerprint density at radius 2 is 0.531 bits per heavy atom. The van der Waals surface area contributed by atoms with Crippen molar-refractivity contribution in [3.63, 3.8) is 0 Å². The van der Waals surface area contributed by atoms with E-state index in [1.54, 1.807) is 0 Å². The van der Waals surface area contributed by atoms with Crippen LogP contribution in [-0.2, 0) is 4.57 Å². The minimum absolute atomic E-state index is 0.234. The molecule has 32 heavy (non-hydrogen) atoms. The van der Waals surface area contributed by atoms with Crippen LogP contribution in [0.25, 0.3) is 0 Å². The van der Waals surface area contributed by atoms with Crippen LogP contribution in [0.4, 0.5) is 0 Å². The summed E-state index contributed by atoms with van der Waals surface area (Å²) in [4.78, 5) is 21.6. The maximum absolute atomic E-state index is 9.35. The molecule has 0 fully saturated rings. The Morgan fingerprint density at radius 1 is 0.438 bits per heavy atom. The fraction of sp³-hybridized carbons (Fsp3) is 1.00. The molecule has 0 atom stereocenters. The van der Waals surface area contributed by atoms with Gasteiger partial charge in [0.05, 0.1) is 16.8 Å². The van der Waals surface area contributed by atoms with Crippen LogP contribution in [0.1, 0.15) is 123 Å². The van der Waals surface area contributed by atoms with E-state index in [1.165, 1.54) is 0 Å². The van der Waals surface area contributed by atoms with Gasteiger partial charge in [-0.1, -0.05) is 62.3 Å². The third kappa shape index (κ3) is 77.9. The zero-order valence-corrected chi connectivity index (χ0v) is 24.6. The van der Waals surface area contributed by atoms with Crippen molar-refractivity contribution in [1.82, 2.24) is 0 Å². The van der Waals surface area contributed by atoms with Crippen molar-refractivity contribution in [2.45, 2.75) is 140 Å². The standard InChI is InChI=1S/3C8H18O.H3O4P/c3*1-7(2,3)6-8(4,5)9;1-5(2,3)4/h3*9H,6H2,1-5H3;(H3,1,2,3,4). The molecule has 8 heteroatoms. The summed E-state index contributed by atoms with van der Waals surface area (Å²) in [6.45, 7) is 30.2. The Labute approximate surface area is 198 Å². The zero-order chi connectivity index (χ0) is 27.6. The molecule has 0 aliphatic carbocycles. The topological polar surface area (TPSA) is 138 Å². The van der Waals surface area contributed by atoms with Gasteiger partial charge in [-0.05, 0) is 77.0 Å². The summed E-state index contributed by atoms with van der Waals surface area (Å²) in [5, 5.41) is 28.1. The lowest BCUT2D eigenvalue weighted by Crippen LogP contribution is -2.26. The van der Waals surface area contributed by atoms with Crippen LogP contribution in [0.5, 0.6) is 0 Å². The maximum Gasteiger partial charge on any atom is 0.466 e. The van der Waals surface area contributed by atoms with Gasteiger partial charge in [-0.3, -0.25) is 0 Å². The highest BCUT2D eigenvalue weighted by Gasteiger charge is 2.23. The van der Waals surface area contributed by atoms with E-state index in [-0.39, 0.29) is 16.2 Å². The summed E-state index contributed by atoms with van der Waals surface area (Å²) in [5.41, 5.74) is -0.844. The number of hydrogen-bond acceptors (Lipinski definition) is 4. The minimum Gasteiger partial charge on any atom is -0.390 e. The van der Waals surface area contributed by atoms with Gasteiger partial charge in [-0.25, -0.2) is 4.57 Å². The van der Waals surface area contributed by atoms with Crippen LogP contribution in [0.2, 0.25) is 0 Å². The molecule has 0 aromatic carbocycles. The van der Waals surface area contributed by atoms with E-state index in [4.69, 9.17) is 19.2 Å². The molecule has 0 aromatic rings. The van der Waals surface area contributed by atoms with E-state index >= 15 is 0 Å². The lowest BCUT2D eigenvalue weighted by molar-refractivity contribution is 0.0362. The van der Waals surface area contributed by atoms with E-state index in [1.807, 2.05) is 41.5 Å². The van der Waals surface area contributed by atoms with Crippen molar-refractivity contribution >= 4 is 7.82 Å². The van der Waals surface area contributed by atoms with E-state index in [0.29, 0.717) is 0 Å². The highest BCUT2D eigenvalue weighted by atomic mass is 31.2. The lowest BCUT2D eigenvalue weighted by atomic mass is 9.84. The summed E-state index contributed by atoms with van der Waals surface area (Å²) in [6, 6.07) is 0. The molecule has 0 rings (SSSR count). The Kier molecular flexibility index (Phi) is 16.9. The van der Waals surface area contributed by atoms with Gasteiger partial charge in [0, 0.05) is 0 Å². The third-order valence-corrected chi connectivity index (χ3v) is 2.89. The van der Waals surface area contributed by atoms with Gasteiger partial charge in [-0.15, -0.1) is 0 Å². The van der Waals surface area contributed by atoms with Gasteiger partial charge in [0.25, 0.3) is 0 Å². The smallest absolute Gasteiger partial charge is 0.390 e. The van der Waals surface area contributed by atoms with Gasteiger partial charge < -0.3 is 30.0 Å². The van der Waals surface area contributed by atoms with Crippen LogP contribution >= 0.6 is 7.82 Å². The first-order valence-electron chi connectivity index (χ1n) is 11.1. The second kappa shape index (κ2) is 13.8. The molecule has 0 radical (unpaired) electrons. The fourth-order valence-electron chi connectivity index (χ4n) is 3.89. The first kappa shape index (κ1) is 39.2. The summed E-state index contributed by atoms with van der Waals surface area (Å²) in [6.07, 6.45) is 2.54. The van der Waals surface area contributed by atoms with E-state index in [0.717, 1.165) is 19.3 Å². The fourth-order valence-corrected chi connectivity index (χ4v) is 3.89. The summed E-state index contributed by atoms with van der Waals surface area (Å²) in [5.74, 6) is 0. The van der Waals surface area contributed by atoms with Gasteiger partial charge >= 0.3 is 7.82 Å². The normalized spacial score (nSPS) is 13.7. The van der Waals surface area contributed by atoms with Crippen LogP contribution in [0.15, 0.2) is 0 Å². The molecule has 0 amide bonds. The monoisotopic (exact) mass is 488 g/mol. The Balaban J connectivity index is -0.000000167. The van der Waals surface area contributed by atoms with Crippen LogP contribution in [0.3, 0.4) is 0 Å². The highest BCUT2D eigenvalue weighted by Crippen LogP contribution is 2.28. The maximum atomic E-state index is 9.35. The summed E-state index contributed by atoms with van der Waals surface area (Å²) in [7, 11) is -4.64. The molecule has 0 saturated carbocycles. The minimum atomic E-state index is -4.64. The molecule has 6 N–H and O–H groups in total. The zero-order valence-electron chi connectivity index (χ0n) is 23.7. The van der Waals surface area contributed by atoms with Gasteiger partial charge in [0.1, 0.15) is 0 Å². The molecule has 200 valence electrons. The van der Waals surface area contributed by atoms with Crippen molar-refractivity contribution in [3.8, 4) is 0 Å². The molecule has 0 unspecified atom stereocenters. The summed E-state index contributed by atoms with van der Waals surface area (Å²) < 4.78 is 8.88.